The van der Waals surface area contributed by atoms with E-state index in [4.69, 9.17) is 4.74 Å². The number of likely N-dealkylation sites (tertiary alicyclic amines) is 1. The summed E-state index contributed by atoms with van der Waals surface area (Å²) in [6.45, 7) is 8.58. The van der Waals surface area contributed by atoms with E-state index >= 15 is 0 Å². The Morgan fingerprint density at radius 2 is 2.03 bits per heavy atom. The Morgan fingerprint density at radius 3 is 2.79 bits per heavy atom. The molecule has 3 aliphatic carbocycles. The smallest absolute Gasteiger partial charge is 0.345 e. The van der Waals surface area contributed by atoms with Gasteiger partial charge in [-0.3, -0.25) is 0 Å². The van der Waals surface area contributed by atoms with Gasteiger partial charge >= 0.3 is 6.61 Å². The molecule has 0 spiro atoms. The second-order valence-electron chi connectivity index (χ2n) is 11.2. The first-order valence-electron chi connectivity index (χ1n) is 12.8. The maximum Gasteiger partial charge on any atom is 0.345 e. The van der Waals surface area contributed by atoms with Gasteiger partial charge in [-0.25, -0.2) is 0 Å². The van der Waals surface area contributed by atoms with Gasteiger partial charge in [0.2, 0.25) is 0 Å². The van der Waals surface area contributed by atoms with E-state index in [0.29, 0.717) is 43.6 Å². The lowest BCUT2D eigenvalue weighted by molar-refractivity contribution is -0.158. The minimum Gasteiger partial charge on any atom is -0.393 e. The van der Waals surface area contributed by atoms with Gasteiger partial charge < -0.3 is 19.8 Å². The van der Waals surface area contributed by atoms with Crippen molar-refractivity contribution in [3.05, 3.63) is 35.5 Å². The Labute approximate surface area is 197 Å². The predicted molar refractivity (Wildman–Crippen MR) is 126 cm³/mol. The molecule has 4 nitrogen and oxygen atoms in total. The van der Waals surface area contributed by atoms with Crippen LogP contribution in [-0.2, 0) is 4.74 Å². The number of hydrogen-bond acceptors (Lipinski definition) is 4. The summed E-state index contributed by atoms with van der Waals surface area (Å²) in [4.78, 5) is 2.31. The normalized spacial score (nSPS) is 41.3. The molecule has 2 N–H and O–H groups in total. The largest absolute Gasteiger partial charge is 0.393 e. The van der Waals surface area contributed by atoms with Crippen molar-refractivity contribution in [3.8, 4) is 0 Å². The summed E-state index contributed by atoms with van der Waals surface area (Å²) in [5.74, 6) is 1.71. The van der Waals surface area contributed by atoms with Gasteiger partial charge in [-0.15, -0.1) is 0 Å². The number of rotatable bonds is 6. The average Bonchev–Trinajstić information content (AvgIpc) is 3.32. The summed E-state index contributed by atoms with van der Waals surface area (Å²) in [6, 6.07) is 0. The molecule has 0 amide bonds. The molecule has 3 saturated carbocycles. The van der Waals surface area contributed by atoms with E-state index in [1.54, 1.807) is 0 Å². The van der Waals surface area contributed by atoms with Crippen molar-refractivity contribution in [2.75, 3.05) is 19.6 Å². The van der Waals surface area contributed by atoms with Crippen molar-refractivity contribution in [2.45, 2.75) is 90.1 Å². The number of aliphatic hydroxyl groups excluding tert-OH is 2. The molecule has 186 valence electrons. The van der Waals surface area contributed by atoms with Crippen molar-refractivity contribution in [1.29, 1.82) is 0 Å². The number of allylic oxidation sites excluding steroid dienone is 3. The molecule has 6 heteroatoms. The van der Waals surface area contributed by atoms with Crippen LogP contribution in [0.15, 0.2) is 35.5 Å². The third kappa shape index (κ3) is 5.44. The zero-order valence-electron chi connectivity index (χ0n) is 20.2. The minimum atomic E-state index is -2.68. The average molecular weight is 466 g/mol. The van der Waals surface area contributed by atoms with Gasteiger partial charge in [0.1, 0.15) is 0 Å². The lowest BCUT2D eigenvalue weighted by atomic mass is 9.61. The van der Waals surface area contributed by atoms with Crippen molar-refractivity contribution in [2.24, 2.45) is 23.2 Å². The molecule has 2 unspecified atom stereocenters. The number of ether oxygens (including phenoxy) is 1. The van der Waals surface area contributed by atoms with Gasteiger partial charge in [0.15, 0.2) is 0 Å². The number of halogens is 2. The number of aliphatic hydroxyl groups is 2. The molecule has 1 saturated heterocycles. The van der Waals surface area contributed by atoms with Gasteiger partial charge in [-0.1, -0.05) is 38.2 Å². The standard InChI is InChI=1S/C27H41F2NO3/c1-17(15-30-12-10-22(16-30)33-26(28)29)23-8-9-24-19(5-4-11-27(23,24)3)6-7-20-13-21(31)14-25(32)18(20)2/h6-7,17,21-26,31-32H,2,4-5,8-16H2,1,3H3/b19-6+,20-7-/t17-,21?,22+,23-,24+,25?,27-/m1/s1. The highest BCUT2D eigenvalue weighted by Crippen LogP contribution is 2.59. The molecule has 0 aromatic carbocycles. The van der Waals surface area contributed by atoms with E-state index in [-0.39, 0.29) is 11.5 Å². The zero-order chi connectivity index (χ0) is 23.8. The molecule has 4 aliphatic rings. The summed E-state index contributed by atoms with van der Waals surface area (Å²) in [7, 11) is 0. The third-order valence-corrected chi connectivity index (χ3v) is 9.06. The van der Waals surface area contributed by atoms with Crippen LogP contribution in [0, 0.1) is 23.2 Å². The van der Waals surface area contributed by atoms with Crippen LogP contribution in [-0.4, -0.2) is 59.7 Å². The molecule has 0 radical (unpaired) electrons. The first kappa shape index (κ1) is 25.0. The van der Waals surface area contributed by atoms with Crippen LogP contribution < -0.4 is 0 Å². The number of fused-ring (bicyclic) bond motifs is 1. The quantitative estimate of drug-likeness (QED) is 0.575. The molecule has 7 atom stereocenters. The van der Waals surface area contributed by atoms with Crippen LogP contribution in [0.3, 0.4) is 0 Å². The van der Waals surface area contributed by atoms with E-state index in [1.165, 1.54) is 31.3 Å². The number of hydrogen-bond donors (Lipinski definition) is 2. The van der Waals surface area contributed by atoms with Gasteiger partial charge in [0.25, 0.3) is 0 Å². The molecule has 1 aliphatic heterocycles. The monoisotopic (exact) mass is 465 g/mol. The van der Waals surface area contributed by atoms with Gasteiger partial charge in [0, 0.05) is 26.1 Å². The van der Waals surface area contributed by atoms with E-state index in [2.05, 4.69) is 37.5 Å². The van der Waals surface area contributed by atoms with E-state index in [9.17, 15) is 19.0 Å². The maximum absolute atomic E-state index is 12.6. The van der Waals surface area contributed by atoms with Crippen LogP contribution in [0.5, 0.6) is 0 Å². The Bertz CT molecular complexity index is 781. The van der Waals surface area contributed by atoms with Gasteiger partial charge in [-0.05, 0) is 79.3 Å². The predicted octanol–water partition coefficient (Wildman–Crippen LogP) is 5.08. The highest BCUT2D eigenvalue weighted by molar-refractivity contribution is 5.38. The first-order valence-corrected chi connectivity index (χ1v) is 12.8. The molecule has 0 aromatic heterocycles. The fraction of sp³-hybridized carbons (Fsp3) is 0.778. The molecule has 1 heterocycles. The summed E-state index contributed by atoms with van der Waals surface area (Å²) in [6.07, 6.45) is 10.4. The molecule has 33 heavy (non-hydrogen) atoms. The molecule has 4 rings (SSSR count). The topological polar surface area (TPSA) is 52.9 Å². The molecule has 0 aromatic rings. The SMILES string of the molecule is C=C1/C(=C\C=C2/CCC[C@]3(C)[C@@H]([C@H](C)CN4CC[C@H](OC(F)F)C4)CC[C@@H]23)CC(O)CC1O. The Morgan fingerprint density at radius 1 is 1.24 bits per heavy atom. The summed E-state index contributed by atoms with van der Waals surface area (Å²) >= 11 is 0. The summed E-state index contributed by atoms with van der Waals surface area (Å²) < 4.78 is 29.9. The van der Waals surface area contributed by atoms with E-state index in [1.807, 2.05) is 0 Å². The Kier molecular flexibility index (Phi) is 7.79. The van der Waals surface area contributed by atoms with Crippen molar-refractivity contribution in [1.82, 2.24) is 4.90 Å². The fourth-order valence-corrected chi connectivity index (χ4v) is 7.43. The van der Waals surface area contributed by atoms with Crippen molar-refractivity contribution < 1.29 is 23.7 Å². The minimum absolute atomic E-state index is 0.267. The fourth-order valence-electron chi connectivity index (χ4n) is 7.43. The van der Waals surface area contributed by atoms with Crippen molar-refractivity contribution >= 4 is 0 Å². The Hall–Kier alpha value is -1.08. The van der Waals surface area contributed by atoms with Gasteiger partial charge in [0.05, 0.1) is 18.3 Å². The van der Waals surface area contributed by atoms with Crippen LogP contribution in [0.1, 0.15) is 65.2 Å². The second kappa shape index (κ2) is 10.3. The molecule has 0 bridgehead atoms. The van der Waals surface area contributed by atoms with Crippen LogP contribution in [0.25, 0.3) is 0 Å². The number of nitrogens with zero attached hydrogens (tertiary/aromatic N) is 1. The summed E-state index contributed by atoms with van der Waals surface area (Å²) in [5, 5.41) is 20.2. The van der Waals surface area contributed by atoms with Crippen LogP contribution in [0.4, 0.5) is 8.78 Å². The highest BCUT2D eigenvalue weighted by atomic mass is 19.3. The van der Waals surface area contributed by atoms with Crippen LogP contribution >= 0.6 is 0 Å². The lowest BCUT2D eigenvalue weighted by Gasteiger charge is -2.45. The first-order chi connectivity index (χ1) is 15.7. The second-order valence-corrected chi connectivity index (χ2v) is 11.2. The van der Waals surface area contributed by atoms with Crippen LogP contribution in [0.2, 0.25) is 0 Å². The third-order valence-electron chi connectivity index (χ3n) is 9.06. The van der Waals surface area contributed by atoms with Crippen molar-refractivity contribution in [3.63, 3.8) is 0 Å². The number of alkyl halides is 2. The van der Waals surface area contributed by atoms with Gasteiger partial charge in [-0.2, -0.15) is 8.78 Å². The molecular formula is C27H41F2NO3. The maximum atomic E-state index is 12.6. The lowest BCUT2D eigenvalue weighted by Crippen LogP contribution is -2.39. The molecular weight excluding hydrogens is 424 g/mol. The summed E-state index contributed by atoms with van der Waals surface area (Å²) in [5.41, 5.74) is 3.48. The molecule has 4 fully saturated rings. The van der Waals surface area contributed by atoms with E-state index in [0.717, 1.165) is 30.7 Å². The Balaban J connectivity index is 1.42. The zero-order valence-corrected chi connectivity index (χ0v) is 20.2. The highest BCUT2D eigenvalue weighted by Gasteiger charge is 2.51. The van der Waals surface area contributed by atoms with E-state index < -0.39 is 18.8 Å².